The monoisotopic (exact) mass is 387 g/mol. The van der Waals surface area contributed by atoms with Crippen molar-refractivity contribution in [3.63, 3.8) is 0 Å². The Morgan fingerprint density at radius 2 is 1.89 bits per heavy atom. The Morgan fingerprint density at radius 3 is 2.44 bits per heavy atom. The third kappa shape index (κ3) is 5.60. The van der Waals surface area contributed by atoms with Gasteiger partial charge in [-0.25, -0.2) is 8.78 Å². The van der Waals surface area contributed by atoms with Crippen LogP contribution in [-0.4, -0.2) is 31.3 Å². The lowest BCUT2D eigenvalue weighted by molar-refractivity contribution is 0.0187. The maximum Gasteiger partial charge on any atom is 0.261 e. The minimum absolute atomic E-state index is 0.152. The standard InChI is InChI=1S/C11H13Br2F2NO2/c12-8-3-7(4-9(13)11(8)17)5-16-1-2-18-6-10(14)15/h3-4,10,16-17H,1-2,5-6H2. The van der Waals surface area contributed by atoms with Crippen molar-refractivity contribution in [1.82, 2.24) is 5.32 Å². The minimum atomic E-state index is -2.42. The summed E-state index contributed by atoms with van der Waals surface area (Å²) in [5, 5.41) is 12.6. The fourth-order valence-corrected chi connectivity index (χ4v) is 2.55. The first-order valence-electron chi connectivity index (χ1n) is 5.24. The number of ether oxygens (including phenoxy) is 1. The van der Waals surface area contributed by atoms with Crippen molar-refractivity contribution < 1.29 is 18.6 Å². The molecule has 0 aliphatic heterocycles. The molecule has 0 atom stereocenters. The number of benzene rings is 1. The molecule has 0 unspecified atom stereocenters. The molecule has 0 fully saturated rings. The summed E-state index contributed by atoms with van der Waals surface area (Å²) in [5.41, 5.74) is 0.959. The first-order chi connectivity index (χ1) is 8.50. The highest BCUT2D eigenvalue weighted by Crippen LogP contribution is 2.33. The number of phenols is 1. The maximum atomic E-state index is 11.8. The van der Waals surface area contributed by atoms with Crippen LogP contribution in [0.4, 0.5) is 8.78 Å². The summed E-state index contributed by atoms with van der Waals surface area (Å²) in [7, 11) is 0. The van der Waals surface area contributed by atoms with Crippen LogP contribution < -0.4 is 5.32 Å². The summed E-state index contributed by atoms with van der Waals surface area (Å²) in [5.74, 6) is 0.152. The molecule has 7 heteroatoms. The van der Waals surface area contributed by atoms with Crippen molar-refractivity contribution in [2.75, 3.05) is 19.8 Å². The number of alkyl halides is 2. The molecule has 1 aromatic rings. The fraction of sp³-hybridized carbons (Fsp3) is 0.455. The van der Waals surface area contributed by atoms with Gasteiger partial charge in [0.15, 0.2) is 0 Å². The molecule has 0 saturated carbocycles. The Balaban J connectivity index is 2.27. The molecule has 2 N–H and O–H groups in total. The normalized spacial score (nSPS) is 11.2. The second-order valence-corrected chi connectivity index (χ2v) is 5.26. The van der Waals surface area contributed by atoms with E-state index >= 15 is 0 Å². The van der Waals surface area contributed by atoms with Gasteiger partial charge in [0.2, 0.25) is 0 Å². The highest BCUT2D eigenvalue weighted by atomic mass is 79.9. The second-order valence-electron chi connectivity index (χ2n) is 3.55. The van der Waals surface area contributed by atoms with Crippen LogP contribution in [0.25, 0.3) is 0 Å². The van der Waals surface area contributed by atoms with E-state index < -0.39 is 13.0 Å². The molecule has 0 spiro atoms. The zero-order valence-electron chi connectivity index (χ0n) is 9.43. The van der Waals surface area contributed by atoms with Gasteiger partial charge in [0, 0.05) is 13.1 Å². The van der Waals surface area contributed by atoms with E-state index in [-0.39, 0.29) is 12.4 Å². The molecule has 18 heavy (non-hydrogen) atoms. The van der Waals surface area contributed by atoms with Gasteiger partial charge in [0.1, 0.15) is 12.4 Å². The third-order valence-electron chi connectivity index (χ3n) is 2.07. The molecule has 0 saturated heterocycles. The van der Waals surface area contributed by atoms with E-state index in [1.807, 2.05) is 0 Å². The lowest BCUT2D eigenvalue weighted by Crippen LogP contribution is -2.20. The molecule has 0 radical (unpaired) electrons. The first kappa shape index (κ1) is 15.8. The van der Waals surface area contributed by atoms with E-state index in [1.165, 1.54) is 0 Å². The van der Waals surface area contributed by atoms with Crippen LogP contribution in [0, 0.1) is 0 Å². The smallest absolute Gasteiger partial charge is 0.261 e. The zero-order valence-corrected chi connectivity index (χ0v) is 12.6. The number of aromatic hydroxyl groups is 1. The summed E-state index contributed by atoms with van der Waals surface area (Å²) in [6.07, 6.45) is -2.42. The number of nitrogens with one attached hydrogen (secondary N) is 1. The van der Waals surface area contributed by atoms with Crippen molar-refractivity contribution in [1.29, 1.82) is 0 Å². The summed E-state index contributed by atoms with van der Waals surface area (Å²) in [4.78, 5) is 0. The second kappa shape index (κ2) is 8.04. The van der Waals surface area contributed by atoms with E-state index in [9.17, 15) is 13.9 Å². The predicted molar refractivity (Wildman–Crippen MR) is 72.0 cm³/mol. The summed E-state index contributed by atoms with van der Waals surface area (Å²) >= 11 is 6.46. The lowest BCUT2D eigenvalue weighted by atomic mass is 10.2. The molecule has 0 amide bonds. The van der Waals surface area contributed by atoms with Crippen LogP contribution in [0.3, 0.4) is 0 Å². The Labute approximate surface area is 121 Å². The Hall–Kier alpha value is -0.240. The van der Waals surface area contributed by atoms with E-state index in [4.69, 9.17) is 4.74 Å². The van der Waals surface area contributed by atoms with Gasteiger partial charge in [-0.1, -0.05) is 0 Å². The van der Waals surface area contributed by atoms with Crippen molar-refractivity contribution in [2.45, 2.75) is 13.0 Å². The molecule has 0 aliphatic rings. The molecule has 1 aromatic carbocycles. The summed E-state index contributed by atoms with van der Waals surface area (Å²) in [6.45, 7) is 0.765. The van der Waals surface area contributed by atoms with Crippen molar-refractivity contribution in [3.8, 4) is 5.75 Å². The minimum Gasteiger partial charge on any atom is -0.506 e. The summed E-state index contributed by atoms with van der Waals surface area (Å²) < 4.78 is 29.4. The Bertz CT molecular complexity index is 368. The van der Waals surface area contributed by atoms with Crippen molar-refractivity contribution >= 4 is 31.9 Å². The molecule has 0 aromatic heterocycles. The van der Waals surface area contributed by atoms with Crippen molar-refractivity contribution in [2.24, 2.45) is 0 Å². The van der Waals surface area contributed by atoms with Crippen LogP contribution in [0.2, 0.25) is 0 Å². The van der Waals surface area contributed by atoms with Crippen LogP contribution in [0.1, 0.15) is 5.56 Å². The number of hydrogen-bond donors (Lipinski definition) is 2. The van der Waals surface area contributed by atoms with E-state index in [2.05, 4.69) is 37.2 Å². The van der Waals surface area contributed by atoms with Gasteiger partial charge in [-0.05, 0) is 49.6 Å². The van der Waals surface area contributed by atoms with Crippen LogP contribution in [-0.2, 0) is 11.3 Å². The summed E-state index contributed by atoms with van der Waals surface area (Å²) in [6, 6.07) is 3.57. The third-order valence-corrected chi connectivity index (χ3v) is 3.28. The highest BCUT2D eigenvalue weighted by Gasteiger charge is 2.05. The van der Waals surface area contributed by atoms with Crippen LogP contribution in [0.5, 0.6) is 5.75 Å². The number of phenolic OH excluding ortho intramolecular Hbond substituents is 1. The molecule has 0 bridgehead atoms. The highest BCUT2D eigenvalue weighted by molar-refractivity contribution is 9.11. The average Bonchev–Trinajstić information content (AvgIpc) is 2.30. The first-order valence-corrected chi connectivity index (χ1v) is 6.82. The van der Waals surface area contributed by atoms with Gasteiger partial charge >= 0.3 is 0 Å². The SMILES string of the molecule is Oc1c(Br)cc(CNCCOCC(F)F)cc1Br. The molecular weight excluding hydrogens is 376 g/mol. The fourth-order valence-electron chi connectivity index (χ4n) is 1.27. The Kier molecular flexibility index (Phi) is 7.06. The molecule has 3 nitrogen and oxygen atoms in total. The number of hydrogen-bond acceptors (Lipinski definition) is 3. The van der Waals surface area contributed by atoms with Gasteiger partial charge in [0.05, 0.1) is 15.6 Å². The van der Waals surface area contributed by atoms with E-state index in [0.717, 1.165) is 5.56 Å². The predicted octanol–water partition coefficient (Wildman–Crippen LogP) is 3.29. The maximum absolute atomic E-state index is 11.8. The van der Waals surface area contributed by atoms with E-state index in [0.29, 0.717) is 22.0 Å². The Morgan fingerprint density at radius 1 is 1.28 bits per heavy atom. The zero-order chi connectivity index (χ0) is 13.5. The van der Waals surface area contributed by atoms with Crippen molar-refractivity contribution in [3.05, 3.63) is 26.6 Å². The number of halogens is 4. The lowest BCUT2D eigenvalue weighted by Gasteiger charge is -2.08. The van der Waals surface area contributed by atoms with Gasteiger partial charge in [-0.3, -0.25) is 0 Å². The topological polar surface area (TPSA) is 41.5 Å². The number of rotatable bonds is 7. The molecule has 0 heterocycles. The van der Waals surface area contributed by atoms with Crippen LogP contribution >= 0.6 is 31.9 Å². The van der Waals surface area contributed by atoms with Gasteiger partial charge in [0.25, 0.3) is 6.43 Å². The van der Waals surface area contributed by atoms with E-state index in [1.54, 1.807) is 12.1 Å². The average molecular weight is 389 g/mol. The molecular formula is C11H13Br2F2NO2. The molecule has 1 rings (SSSR count). The molecule has 0 aliphatic carbocycles. The van der Waals surface area contributed by atoms with Gasteiger partial charge < -0.3 is 15.2 Å². The molecule has 102 valence electrons. The van der Waals surface area contributed by atoms with Crippen LogP contribution in [0.15, 0.2) is 21.1 Å². The van der Waals surface area contributed by atoms with Gasteiger partial charge in [-0.2, -0.15) is 0 Å². The van der Waals surface area contributed by atoms with Gasteiger partial charge in [-0.15, -0.1) is 0 Å². The largest absolute Gasteiger partial charge is 0.506 e. The quantitative estimate of drug-likeness (QED) is 0.704.